The zero-order valence-corrected chi connectivity index (χ0v) is 13.6. The number of aliphatic hydroxyl groups excluding tert-OH is 2. The number of benzene rings is 1. The zero-order chi connectivity index (χ0) is 16.1. The molecule has 0 fully saturated rings. The van der Waals surface area contributed by atoms with Crippen molar-refractivity contribution in [3.8, 4) is 0 Å². The predicted molar refractivity (Wildman–Crippen MR) is 86.9 cm³/mol. The summed E-state index contributed by atoms with van der Waals surface area (Å²) in [5.74, 6) is 0. The second-order valence-corrected chi connectivity index (χ2v) is 5.73. The zero-order valence-electron chi connectivity index (χ0n) is 12.9. The summed E-state index contributed by atoms with van der Waals surface area (Å²) < 4.78 is 1.81. The first-order valence-electron chi connectivity index (χ1n) is 7.31. The van der Waals surface area contributed by atoms with E-state index in [2.05, 4.69) is 10.4 Å². The van der Waals surface area contributed by atoms with Crippen LogP contribution in [0.1, 0.15) is 28.6 Å². The Labute approximate surface area is 135 Å². The number of nitrogens with one attached hydrogen (secondary N) is 1. The molecule has 1 aromatic heterocycles. The van der Waals surface area contributed by atoms with Gasteiger partial charge in [0, 0.05) is 29.4 Å². The topological polar surface area (TPSA) is 70.3 Å². The van der Waals surface area contributed by atoms with Gasteiger partial charge in [0.05, 0.1) is 24.9 Å². The molecule has 0 unspecified atom stereocenters. The van der Waals surface area contributed by atoms with Crippen LogP contribution in [0, 0.1) is 13.8 Å². The number of nitrogens with zero attached hydrogens (tertiary/aromatic N) is 2. The smallest absolute Gasteiger partial charge is 0.0914 e. The Hall–Kier alpha value is -1.40. The van der Waals surface area contributed by atoms with Crippen LogP contribution in [-0.2, 0) is 13.1 Å². The van der Waals surface area contributed by atoms with Gasteiger partial charge in [0.25, 0.3) is 0 Å². The molecule has 2 aromatic rings. The highest BCUT2D eigenvalue weighted by molar-refractivity contribution is 6.30. The molecule has 120 valence electrons. The Bertz CT molecular complexity index is 611. The van der Waals surface area contributed by atoms with Crippen molar-refractivity contribution in [1.29, 1.82) is 0 Å². The van der Waals surface area contributed by atoms with E-state index in [1.807, 2.05) is 30.7 Å². The number of hydrogen-bond donors (Lipinski definition) is 3. The van der Waals surface area contributed by atoms with Crippen LogP contribution in [0.15, 0.2) is 24.3 Å². The van der Waals surface area contributed by atoms with E-state index in [4.69, 9.17) is 16.7 Å². The molecule has 0 spiro atoms. The number of aromatic nitrogens is 2. The van der Waals surface area contributed by atoms with Crippen molar-refractivity contribution in [2.24, 2.45) is 0 Å². The first-order chi connectivity index (χ1) is 10.5. The van der Waals surface area contributed by atoms with E-state index in [1.165, 1.54) is 0 Å². The highest BCUT2D eigenvalue weighted by Crippen LogP contribution is 2.17. The van der Waals surface area contributed by atoms with E-state index in [0.717, 1.165) is 22.5 Å². The first kappa shape index (κ1) is 17.0. The average molecular weight is 324 g/mol. The molecule has 1 aromatic carbocycles. The molecule has 3 N–H and O–H groups in total. The van der Waals surface area contributed by atoms with E-state index < -0.39 is 6.10 Å². The Kier molecular flexibility index (Phi) is 5.97. The number of aliphatic hydroxyl groups is 2. The third-order valence-corrected chi connectivity index (χ3v) is 3.99. The second-order valence-electron chi connectivity index (χ2n) is 5.29. The maximum atomic E-state index is 10.2. The van der Waals surface area contributed by atoms with Gasteiger partial charge in [-0.05, 0) is 31.5 Å². The summed E-state index contributed by atoms with van der Waals surface area (Å²) in [6, 6.07) is 7.19. The van der Waals surface area contributed by atoms with Gasteiger partial charge in [-0.25, -0.2) is 0 Å². The monoisotopic (exact) mass is 323 g/mol. The van der Waals surface area contributed by atoms with Crippen LogP contribution in [0.25, 0.3) is 0 Å². The lowest BCUT2D eigenvalue weighted by Gasteiger charge is -2.12. The number of aryl methyl sites for hydroxylation is 1. The molecular formula is C16H22ClN3O2. The molecule has 1 atom stereocenters. The van der Waals surface area contributed by atoms with Gasteiger partial charge < -0.3 is 15.5 Å². The Morgan fingerprint density at radius 3 is 2.59 bits per heavy atom. The number of hydrogen-bond acceptors (Lipinski definition) is 4. The lowest BCUT2D eigenvalue weighted by Crippen LogP contribution is -2.21. The molecule has 0 saturated heterocycles. The molecule has 0 aliphatic rings. The summed E-state index contributed by atoms with van der Waals surface area (Å²) >= 11 is 5.84. The molecule has 0 aliphatic heterocycles. The standard InChI is InChI=1S/C16H22ClN3O2/c1-11-15(12(2)20(19-11)7-8-21)9-18-10-16(22)13-3-5-14(17)6-4-13/h3-6,16,18,21-22H,7-10H2,1-2H3/t16-/m1/s1. The molecule has 0 saturated carbocycles. The molecule has 0 amide bonds. The summed E-state index contributed by atoms with van der Waals surface area (Å²) in [6.07, 6.45) is -0.578. The van der Waals surface area contributed by atoms with E-state index in [9.17, 15) is 5.11 Å². The maximum Gasteiger partial charge on any atom is 0.0914 e. The van der Waals surface area contributed by atoms with Crippen molar-refractivity contribution in [3.05, 3.63) is 51.8 Å². The third-order valence-electron chi connectivity index (χ3n) is 3.74. The van der Waals surface area contributed by atoms with E-state index in [1.54, 1.807) is 12.1 Å². The molecule has 0 aliphatic carbocycles. The molecule has 22 heavy (non-hydrogen) atoms. The summed E-state index contributed by atoms with van der Waals surface area (Å²) in [6.45, 7) is 5.60. The van der Waals surface area contributed by atoms with Gasteiger partial charge >= 0.3 is 0 Å². The normalized spacial score (nSPS) is 12.6. The highest BCUT2D eigenvalue weighted by Gasteiger charge is 2.12. The lowest BCUT2D eigenvalue weighted by atomic mass is 10.1. The van der Waals surface area contributed by atoms with Crippen LogP contribution < -0.4 is 5.32 Å². The minimum Gasteiger partial charge on any atom is -0.394 e. The third kappa shape index (κ3) is 4.08. The van der Waals surface area contributed by atoms with Gasteiger partial charge in [0.2, 0.25) is 0 Å². The fraction of sp³-hybridized carbons (Fsp3) is 0.438. The van der Waals surface area contributed by atoms with Gasteiger partial charge in [0.15, 0.2) is 0 Å². The Morgan fingerprint density at radius 1 is 1.27 bits per heavy atom. The fourth-order valence-electron chi connectivity index (χ4n) is 2.44. The molecule has 0 bridgehead atoms. The molecule has 5 nitrogen and oxygen atoms in total. The van der Waals surface area contributed by atoms with Crippen molar-refractivity contribution in [1.82, 2.24) is 15.1 Å². The Balaban J connectivity index is 1.92. The van der Waals surface area contributed by atoms with Gasteiger partial charge in [-0.1, -0.05) is 23.7 Å². The van der Waals surface area contributed by atoms with Crippen LogP contribution in [0.3, 0.4) is 0 Å². The molecule has 2 rings (SSSR count). The van der Waals surface area contributed by atoms with Crippen molar-refractivity contribution in [2.45, 2.75) is 33.0 Å². The predicted octanol–water partition coefficient (Wildman–Crippen LogP) is 1.97. The first-order valence-corrected chi connectivity index (χ1v) is 7.68. The molecule has 0 radical (unpaired) electrons. The quantitative estimate of drug-likeness (QED) is 0.728. The lowest BCUT2D eigenvalue weighted by molar-refractivity contribution is 0.174. The Morgan fingerprint density at radius 2 is 1.95 bits per heavy atom. The van der Waals surface area contributed by atoms with E-state index in [-0.39, 0.29) is 6.61 Å². The van der Waals surface area contributed by atoms with Gasteiger partial charge in [-0.2, -0.15) is 5.10 Å². The van der Waals surface area contributed by atoms with Crippen molar-refractivity contribution >= 4 is 11.6 Å². The second kappa shape index (κ2) is 7.74. The van der Waals surface area contributed by atoms with Gasteiger partial charge in [-0.15, -0.1) is 0 Å². The van der Waals surface area contributed by atoms with Crippen LogP contribution in [0.2, 0.25) is 5.02 Å². The van der Waals surface area contributed by atoms with Crippen molar-refractivity contribution in [3.63, 3.8) is 0 Å². The van der Waals surface area contributed by atoms with Crippen LogP contribution in [0.5, 0.6) is 0 Å². The molecule has 6 heteroatoms. The maximum absolute atomic E-state index is 10.2. The summed E-state index contributed by atoms with van der Waals surface area (Å²) in [7, 11) is 0. The minimum absolute atomic E-state index is 0.0735. The van der Waals surface area contributed by atoms with Crippen molar-refractivity contribution in [2.75, 3.05) is 13.2 Å². The number of rotatable bonds is 7. The summed E-state index contributed by atoms with van der Waals surface area (Å²) in [5.41, 5.74) is 3.93. The van der Waals surface area contributed by atoms with Crippen molar-refractivity contribution < 1.29 is 10.2 Å². The van der Waals surface area contributed by atoms with E-state index >= 15 is 0 Å². The van der Waals surface area contributed by atoms with Crippen LogP contribution in [-0.4, -0.2) is 33.1 Å². The number of halogens is 1. The fourth-order valence-corrected chi connectivity index (χ4v) is 2.56. The highest BCUT2D eigenvalue weighted by atomic mass is 35.5. The average Bonchev–Trinajstić information content (AvgIpc) is 2.75. The summed E-state index contributed by atoms with van der Waals surface area (Å²) in [5, 5.41) is 27.5. The minimum atomic E-state index is -0.578. The SMILES string of the molecule is Cc1nn(CCO)c(C)c1CNC[C@@H](O)c1ccc(Cl)cc1. The molecular weight excluding hydrogens is 302 g/mol. The van der Waals surface area contributed by atoms with E-state index in [0.29, 0.717) is 24.7 Å². The van der Waals surface area contributed by atoms with Gasteiger partial charge in [0.1, 0.15) is 0 Å². The summed E-state index contributed by atoms with van der Waals surface area (Å²) in [4.78, 5) is 0. The van der Waals surface area contributed by atoms with Gasteiger partial charge in [-0.3, -0.25) is 4.68 Å². The van der Waals surface area contributed by atoms with Crippen LogP contribution >= 0.6 is 11.6 Å². The molecule has 1 heterocycles. The van der Waals surface area contributed by atoms with Crippen LogP contribution in [0.4, 0.5) is 0 Å². The largest absolute Gasteiger partial charge is 0.394 e.